The molecule has 3 rings (SSSR count). The van der Waals surface area contributed by atoms with Crippen molar-refractivity contribution in [3.63, 3.8) is 0 Å². The van der Waals surface area contributed by atoms with E-state index in [1.807, 2.05) is 17.4 Å². The minimum absolute atomic E-state index is 0.822. The average Bonchev–Trinajstić information content (AvgIpc) is 2.74. The van der Waals surface area contributed by atoms with E-state index in [0.717, 1.165) is 17.9 Å². The molecule has 0 nitrogen and oxygen atoms in total. The fourth-order valence-electron chi connectivity index (χ4n) is 2.56. The van der Waals surface area contributed by atoms with Gasteiger partial charge in [0.05, 0.1) is 0 Å². The summed E-state index contributed by atoms with van der Waals surface area (Å²) < 4.78 is 4.16. The van der Waals surface area contributed by atoms with E-state index in [4.69, 9.17) is 11.6 Å². The van der Waals surface area contributed by atoms with E-state index in [2.05, 4.69) is 54.6 Å². The van der Waals surface area contributed by atoms with Gasteiger partial charge in [0, 0.05) is 28.8 Å². The van der Waals surface area contributed by atoms with Gasteiger partial charge in [-0.2, -0.15) is 0 Å². The van der Waals surface area contributed by atoms with Crippen molar-refractivity contribution in [2.45, 2.75) is 26.7 Å². The first-order valence-electron chi connectivity index (χ1n) is 6.47. The van der Waals surface area contributed by atoms with Crippen LogP contribution in [0.1, 0.15) is 25.0 Å². The molecule has 98 valence electrons. The monoisotopic (exact) mass is 400 g/mol. The summed E-state index contributed by atoms with van der Waals surface area (Å²) >= 11 is 10.5. The van der Waals surface area contributed by atoms with Crippen LogP contribution in [0.3, 0.4) is 0 Å². The number of hydrogen-bond acceptors (Lipinski definition) is 1. The molecular formula is C16H14ClIS. The predicted octanol–water partition coefficient (Wildman–Crippen LogP) is 6.44. The molecule has 0 saturated carbocycles. The Morgan fingerprint density at radius 2 is 1.89 bits per heavy atom. The van der Waals surface area contributed by atoms with Gasteiger partial charge in [-0.1, -0.05) is 31.5 Å². The Morgan fingerprint density at radius 3 is 2.58 bits per heavy atom. The van der Waals surface area contributed by atoms with Gasteiger partial charge in [-0.3, -0.25) is 0 Å². The third-order valence-corrected chi connectivity index (χ3v) is 6.37. The summed E-state index contributed by atoms with van der Waals surface area (Å²) in [5, 5.41) is 3.55. The largest absolute Gasteiger partial charge is 0.135 e. The molecule has 0 spiro atoms. The molecule has 0 unspecified atom stereocenters. The second-order valence-electron chi connectivity index (χ2n) is 4.65. The summed E-state index contributed by atoms with van der Waals surface area (Å²) in [5.41, 5.74) is 2.95. The maximum Gasteiger partial charge on any atom is 0.0420 e. The molecule has 0 radical (unpaired) electrons. The van der Waals surface area contributed by atoms with Crippen molar-refractivity contribution in [3.05, 3.63) is 44.0 Å². The highest BCUT2D eigenvalue weighted by Crippen LogP contribution is 2.40. The molecule has 0 aliphatic carbocycles. The number of rotatable bonds is 2. The second-order valence-corrected chi connectivity index (χ2v) is 7.22. The van der Waals surface area contributed by atoms with E-state index >= 15 is 0 Å². The second kappa shape index (κ2) is 5.23. The van der Waals surface area contributed by atoms with Crippen LogP contribution >= 0.6 is 45.5 Å². The van der Waals surface area contributed by atoms with Crippen LogP contribution in [0.25, 0.3) is 20.2 Å². The molecule has 0 N–H and O–H groups in total. The van der Waals surface area contributed by atoms with Crippen LogP contribution in [0, 0.1) is 3.57 Å². The number of halogens is 2. The molecule has 3 heteroatoms. The van der Waals surface area contributed by atoms with Crippen molar-refractivity contribution in [3.8, 4) is 0 Å². The Morgan fingerprint density at radius 1 is 1.11 bits per heavy atom. The average molecular weight is 401 g/mol. The Kier molecular flexibility index (Phi) is 3.76. The SMILES string of the molecule is CCc1cc2c(sc3cc(Cl)ccc32)c(CC)c1I. The van der Waals surface area contributed by atoms with Gasteiger partial charge in [-0.15, -0.1) is 11.3 Å². The molecule has 0 amide bonds. The number of hydrogen-bond donors (Lipinski definition) is 0. The Labute approximate surface area is 135 Å². The van der Waals surface area contributed by atoms with Gasteiger partial charge < -0.3 is 0 Å². The molecule has 1 aromatic heterocycles. The van der Waals surface area contributed by atoms with Crippen molar-refractivity contribution in [2.24, 2.45) is 0 Å². The van der Waals surface area contributed by atoms with E-state index in [9.17, 15) is 0 Å². The highest BCUT2D eigenvalue weighted by molar-refractivity contribution is 14.1. The van der Waals surface area contributed by atoms with Crippen LogP contribution in [0.2, 0.25) is 5.02 Å². The highest BCUT2D eigenvalue weighted by atomic mass is 127. The van der Waals surface area contributed by atoms with Crippen LogP contribution in [-0.4, -0.2) is 0 Å². The first kappa shape index (κ1) is 13.7. The Hall–Kier alpha value is -0.320. The Bertz CT molecular complexity index is 773. The normalized spacial score (nSPS) is 11.6. The molecule has 0 saturated heterocycles. The number of thiophene rings is 1. The van der Waals surface area contributed by atoms with Crippen LogP contribution in [0.4, 0.5) is 0 Å². The van der Waals surface area contributed by atoms with Crippen molar-refractivity contribution in [1.29, 1.82) is 0 Å². The zero-order valence-electron chi connectivity index (χ0n) is 10.9. The van der Waals surface area contributed by atoms with Crippen molar-refractivity contribution >= 4 is 65.7 Å². The highest BCUT2D eigenvalue weighted by Gasteiger charge is 2.14. The summed E-state index contributed by atoms with van der Waals surface area (Å²) in [5.74, 6) is 0. The lowest BCUT2D eigenvalue weighted by atomic mass is 10.0. The van der Waals surface area contributed by atoms with Gasteiger partial charge in [0.15, 0.2) is 0 Å². The number of fused-ring (bicyclic) bond motifs is 3. The molecule has 1 heterocycles. The van der Waals surface area contributed by atoms with Gasteiger partial charge in [0.2, 0.25) is 0 Å². The van der Waals surface area contributed by atoms with Crippen LogP contribution in [0.5, 0.6) is 0 Å². The summed E-state index contributed by atoms with van der Waals surface area (Å²) in [6.45, 7) is 4.47. The topological polar surface area (TPSA) is 0 Å². The van der Waals surface area contributed by atoms with E-state index in [1.165, 1.54) is 34.9 Å². The van der Waals surface area contributed by atoms with Gasteiger partial charge in [0.25, 0.3) is 0 Å². The van der Waals surface area contributed by atoms with Crippen LogP contribution < -0.4 is 0 Å². The van der Waals surface area contributed by atoms with Gasteiger partial charge in [0.1, 0.15) is 0 Å². The molecule has 0 atom stereocenters. The molecule has 19 heavy (non-hydrogen) atoms. The summed E-state index contributed by atoms with van der Waals surface area (Å²) in [6.07, 6.45) is 2.18. The predicted molar refractivity (Wildman–Crippen MR) is 95.8 cm³/mol. The molecule has 0 bridgehead atoms. The lowest BCUT2D eigenvalue weighted by Crippen LogP contribution is -1.93. The number of benzene rings is 2. The molecule has 0 aliphatic heterocycles. The lowest BCUT2D eigenvalue weighted by Gasteiger charge is -2.09. The van der Waals surface area contributed by atoms with E-state index < -0.39 is 0 Å². The third-order valence-electron chi connectivity index (χ3n) is 3.56. The zero-order valence-corrected chi connectivity index (χ0v) is 14.6. The standard InChI is InChI=1S/C16H14ClIS/c1-3-9-7-13-12-6-5-10(17)8-14(12)19-16(13)11(4-2)15(9)18/h5-8H,3-4H2,1-2H3. The maximum absolute atomic E-state index is 6.11. The van der Waals surface area contributed by atoms with Crippen LogP contribution in [0.15, 0.2) is 24.3 Å². The first-order chi connectivity index (χ1) is 9.15. The van der Waals surface area contributed by atoms with E-state index in [0.29, 0.717) is 0 Å². The first-order valence-corrected chi connectivity index (χ1v) is 8.75. The van der Waals surface area contributed by atoms with Crippen molar-refractivity contribution < 1.29 is 0 Å². The third kappa shape index (κ3) is 2.18. The molecule has 2 aromatic carbocycles. The quantitative estimate of drug-likeness (QED) is 0.434. The fraction of sp³-hybridized carbons (Fsp3) is 0.250. The lowest BCUT2D eigenvalue weighted by molar-refractivity contribution is 1.09. The molecule has 0 aliphatic rings. The van der Waals surface area contributed by atoms with Crippen molar-refractivity contribution in [1.82, 2.24) is 0 Å². The zero-order chi connectivity index (χ0) is 13.6. The summed E-state index contributed by atoms with van der Waals surface area (Å²) in [4.78, 5) is 0. The smallest absolute Gasteiger partial charge is 0.0420 e. The van der Waals surface area contributed by atoms with Gasteiger partial charge in [-0.05, 0) is 64.8 Å². The van der Waals surface area contributed by atoms with Gasteiger partial charge in [-0.25, -0.2) is 0 Å². The maximum atomic E-state index is 6.11. The summed E-state index contributed by atoms with van der Waals surface area (Å²) in [6, 6.07) is 8.59. The minimum Gasteiger partial charge on any atom is -0.135 e. The van der Waals surface area contributed by atoms with Crippen LogP contribution in [-0.2, 0) is 12.8 Å². The van der Waals surface area contributed by atoms with E-state index in [-0.39, 0.29) is 0 Å². The van der Waals surface area contributed by atoms with Gasteiger partial charge >= 0.3 is 0 Å². The minimum atomic E-state index is 0.822. The van der Waals surface area contributed by atoms with Crippen molar-refractivity contribution in [2.75, 3.05) is 0 Å². The Balaban J connectivity index is 2.49. The van der Waals surface area contributed by atoms with E-state index in [1.54, 1.807) is 0 Å². The molecule has 0 fully saturated rings. The fourth-order valence-corrected chi connectivity index (χ4v) is 5.51. The molecule has 3 aromatic rings. The number of aryl methyl sites for hydroxylation is 2. The molecular weight excluding hydrogens is 387 g/mol. The summed E-state index contributed by atoms with van der Waals surface area (Å²) in [7, 11) is 0.